The standard InChI is InChI=1S/C24H25NO6S/c1-5-8-17-13-16(14-20(29-3)22(17)30-4)15-21-23(26)25(24(27)32-21)11-12-31-19-10-7-6-9-18(19)28-2/h5-7,9-10,13-15H,1,8,11-12H2,2-4H3/b21-15-. The summed E-state index contributed by atoms with van der Waals surface area (Å²) in [4.78, 5) is 26.8. The Morgan fingerprint density at radius 3 is 2.38 bits per heavy atom. The number of allylic oxidation sites excluding steroid dienone is 1. The number of para-hydroxylation sites is 2. The highest BCUT2D eigenvalue weighted by molar-refractivity contribution is 8.18. The van der Waals surface area contributed by atoms with Gasteiger partial charge in [0, 0.05) is 5.56 Å². The number of hydrogen-bond acceptors (Lipinski definition) is 7. The Kier molecular flexibility index (Phi) is 7.83. The number of carbonyl (C=O) groups excluding carboxylic acids is 2. The number of hydrogen-bond donors (Lipinski definition) is 0. The van der Waals surface area contributed by atoms with Crippen LogP contribution in [0.5, 0.6) is 23.0 Å². The lowest BCUT2D eigenvalue weighted by Gasteiger charge is -2.15. The molecule has 0 atom stereocenters. The lowest BCUT2D eigenvalue weighted by molar-refractivity contribution is -0.123. The fraction of sp³-hybridized carbons (Fsp3) is 0.250. The molecule has 168 valence electrons. The molecule has 8 heteroatoms. The zero-order valence-corrected chi connectivity index (χ0v) is 19.1. The zero-order valence-electron chi connectivity index (χ0n) is 18.3. The first-order valence-electron chi connectivity index (χ1n) is 9.89. The summed E-state index contributed by atoms with van der Waals surface area (Å²) < 4.78 is 21.8. The highest BCUT2D eigenvalue weighted by atomic mass is 32.2. The molecular weight excluding hydrogens is 430 g/mol. The molecule has 2 aromatic rings. The Bertz CT molecular complexity index is 1050. The smallest absolute Gasteiger partial charge is 0.293 e. The predicted octanol–water partition coefficient (Wildman–Crippen LogP) is 4.56. The van der Waals surface area contributed by atoms with E-state index in [1.807, 2.05) is 18.2 Å². The van der Waals surface area contributed by atoms with Crippen LogP contribution in [0.4, 0.5) is 4.79 Å². The van der Waals surface area contributed by atoms with E-state index in [-0.39, 0.29) is 24.3 Å². The third kappa shape index (κ3) is 5.08. The maximum atomic E-state index is 12.8. The van der Waals surface area contributed by atoms with Gasteiger partial charge in [-0.1, -0.05) is 18.2 Å². The van der Waals surface area contributed by atoms with Gasteiger partial charge in [-0.3, -0.25) is 14.5 Å². The summed E-state index contributed by atoms with van der Waals surface area (Å²) in [5, 5.41) is -0.336. The summed E-state index contributed by atoms with van der Waals surface area (Å²) in [6, 6.07) is 10.9. The van der Waals surface area contributed by atoms with Crippen molar-refractivity contribution in [2.75, 3.05) is 34.5 Å². The van der Waals surface area contributed by atoms with Crippen LogP contribution in [0.15, 0.2) is 54.0 Å². The van der Waals surface area contributed by atoms with Crippen molar-refractivity contribution in [1.82, 2.24) is 4.90 Å². The number of imide groups is 1. The molecule has 7 nitrogen and oxygen atoms in total. The van der Waals surface area contributed by atoms with Crippen LogP contribution in [-0.2, 0) is 11.2 Å². The number of ether oxygens (including phenoxy) is 4. The molecule has 1 fully saturated rings. The second-order valence-corrected chi connectivity index (χ2v) is 7.73. The van der Waals surface area contributed by atoms with Crippen LogP contribution in [0.1, 0.15) is 11.1 Å². The van der Waals surface area contributed by atoms with Crippen molar-refractivity contribution >= 4 is 29.0 Å². The number of rotatable bonds is 10. The van der Waals surface area contributed by atoms with Crippen molar-refractivity contribution in [3.8, 4) is 23.0 Å². The Morgan fingerprint density at radius 1 is 1.00 bits per heavy atom. The van der Waals surface area contributed by atoms with E-state index in [0.717, 1.165) is 22.9 Å². The first-order chi connectivity index (χ1) is 15.5. The van der Waals surface area contributed by atoms with Gasteiger partial charge in [0.2, 0.25) is 0 Å². The minimum atomic E-state index is -0.358. The maximum Gasteiger partial charge on any atom is 0.293 e. The lowest BCUT2D eigenvalue weighted by atomic mass is 10.0. The predicted molar refractivity (Wildman–Crippen MR) is 125 cm³/mol. The van der Waals surface area contributed by atoms with Crippen LogP contribution in [0.25, 0.3) is 6.08 Å². The Morgan fingerprint density at radius 2 is 1.72 bits per heavy atom. The minimum absolute atomic E-state index is 0.133. The molecule has 1 saturated heterocycles. The van der Waals surface area contributed by atoms with E-state index >= 15 is 0 Å². The summed E-state index contributed by atoms with van der Waals surface area (Å²) in [6.45, 7) is 4.06. The molecule has 2 aromatic carbocycles. The number of carbonyl (C=O) groups is 2. The normalized spacial score (nSPS) is 14.6. The molecule has 0 unspecified atom stereocenters. The fourth-order valence-electron chi connectivity index (χ4n) is 3.29. The van der Waals surface area contributed by atoms with Gasteiger partial charge in [0.25, 0.3) is 11.1 Å². The van der Waals surface area contributed by atoms with Gasteiger partial charge in [0.1, 0.15) is 6.61 Å². The molecule has 0 radical (unpaired) electrons. The third-order valence-electron chi connectivity index (χ3n) is 4.76. The van der Waals surface area contributed by atoms with Crippen molar-refractivity contribution in [3.05, 3.63) is 65.1 Å². The number of benzene rings is 2. The van der Waals surface area contributed by atoms with Crippen LogP contribution in [-0.4, -0.2) is 50.5 Å². The van der Waals surface area contributed by atoms with E-state index in [9.17, 15) is 9.59 Å². The van der Waals surface area contributed by atoms with Crippen molar-refractivity contribution < 1.29 is 28.5 Å². The van der Waals surface area contributed by atoms with Crippen LogP contribution in [0, 0.1) is 0 Å². The van der Waals surface area contributed by atoms with E-state index in [1.54, 1.807) is 51.7 Å². The Balaban J connectivity index is 1.75. The van der Waals surface area contributed by atoms with Crippen molar-refractivity contribution in [1.29, 1.82) is 0 Å². The fourth-order valence-corrected chi connectivity index (χ4v) is 4.15. The summed E-state index contributed by atoms with van der Waals surface area (Å²) in [5.74, 6) is 1.94. The zero-order chi connectivity index (χ0) is 23.1. The molecule has 0 aliphatic carbocycles. The quantitative estimate of drug-likeness (QED) is 0.384. The van der Waals surface area contributed by atoms with Gasteiger partial charge in [0.15, 0.2) is 23.0 Å². The van der Waals surface area contributed by atoms with E-state index in [1.165, 1.54) is 4.90 Å². The Hall–Kier alpha value is -3.39. The monoisotopic (exact) mass is 455 g/mol. The van der Waals surface area contributed by atoms with E-state index in [0.29, 0.717) is 34.3 Å². The molecule has 0 aromatic heterocycles. The molecule has 32 heavy (non-hydrogen) atoms. The number of methoxy groups -OCH3 is 3. The van der Waals surface area contributed by atoms with Gasteiger partial charge in [-0.05, 0) is 54.1 Å². The van der Waals surface area contributed by atoms with Crippen molar-refractivity contribution in [3.63, 3.8) is 0 Å². The van der Waals surface area contributed by atoms with Crippen LogP contribution >= 0.6 is 11.8 Å². The first kappa shape index (κ1) is 23.3. The van der Waals surface area contributed by atoms with E-state index < -0.39 is 0 Å². The van der Waals surface area contributed by atoms with E-state index in [4.69, 9.17) is 18.9 Å². The van der Waals surface area contributed by atoms with Gasteiger partial charge < -0.3 is 18.9 Å². The molecule has 2 amide bonds. The van der Waals surface area contributed by atoms with Gasteiger partial charge in [-0.25, -0.2) is 0 Å². The second kappa shape index (κ2) is 10.8. The topological polar surface area (TPSA) is 74.3 Å². The molecule has 0 bridgehead atoms. The van der Waals surface area contributed by atoms with Gasteiger partial charge in [0.05, 0.1) is 32.8 Å². The minimum Gasteiger partial charge on any atom is -0.493 e. The van der Waals surface area contributed by atoms with Crippen molar-refractivity contribution in [2.24, 2.45) is 0 Å². The SMILES string of the molecule is C=CCc1cc(/C=C2\SC(=O)N(CCOc3ccccc3OC)C2=O)cc(OC)c1OC. The average molecular weight is 456 g/mol. The maximum absolute atomic E-state index is 12.8. The molecule has 3 rings (SSSR count). The highest BCUT2D eigenvalue weighted by Gasteiger charge is 2.35. The first-order valence-corrected chi connectivity index (χ1v) is 10.7. The van der Waals surface area contributed by atoms with Gasteiger partial charge in [-0.2, -0.15) is 0 Å². The molecule has 1 aliphatic rings. The van der Waals surface area contributed by atoms with Crippen LogP contribution in [0.3, 0.4) is 0 Å². The Labute approximate surface area is 191 Å². The third-order valence-corrected chi connectivity index (χ3v) is 5.66. The number of thioether (sulfide) groups is 1. The summed E-state index contributed by atoms with van der Waals surface area (Å²) in [6.07, 6.45) is 4.01. The van der Waals surface area contributed by atoms with Crippen LogP contribution in [0.2, 0.25) is 0 Å². The molecule has 0 N–H and O–H groups in total. The summed E-state index contributed by atoms with van der Waals surface area (Å²) in [7, 11) is 4.68. The summed E-state index contributed by atoms with van der Waals surface area (Å²) >= 11 is 0.899. The summed E-state index contributed by atoms with van der Waals surface area (Å²) in [5.41, 5.74) is 1.60. The molecule has 1 aliphatic heterocycles. The lowest BCUT2D eigenvalue weighted by Crippen LogP contribution is -2.32. The molecular formula is C24H25NO6S. The second-order valence-electron chi connectivity index (χ2n) is 6.74. The average Bonchev–Trinajstić information content (AvgIpc) is 3.06. The highest BCUT2D eigenvalue weighted by Crippen LogP contribution is 2.37. The number of amides is 2. The molecule has 1 heterocycles. The number of nitrogens with zero attached hydrogens (tertiary/aromatic N) is 1. The van der Waals surface area contributed by atoms with Gasteiger partial charge in [-0.15, -0.1) is 6.58 Å². The van der Waals surface area contributed by atoms with Gasteiger partial charge >= 0.3 is 0 Å². The van der Waals surface area contributed by atoms with E-state index in [2.05, 4.69) is 6.58 Å². The molecule has 0 saturated carbocycles. The van der Waals surface area contributed by atoms with Crippen LogP contribution < -0.4 is 18.9 Å². The van der Waals surface area contributed by atoms with Crippen molar-refractivity contribution in [2.45, 2.75) is 6.42 Å². The molecule has 0 spiro atoms. The largest absolute Gasteiger partial charge is 0.493 e.